The third kappa shape index (κ3) is 3.93. The van der Waals surface area contributed by atoms with E-state index in [0.29, 0.717) is 18.0 Å². The number of aliphatic hydroxyl groups excluding tert-OH is 1. The van der Waals surface area contributed by atoms with Gasteiger partial charge in [0.05, 0.1) is 23.0 Å². The second-order valence-electron chi connectivity index (χ2n) is 4.91. The van der Waals surface area contributed by atoms with Crippen molar-refractivity contribution in [2.75, 3.05) is 11.9 Å². The Kier molecular flexibility index (Phi) is 5.78. The smallest absolute Gasteiger partial charge is 0.103 e. The Balaban J connectivity index is 2.81. The van der Waals surface area contributed by atoms with Crippen LogP contribution in [0.5, 0.6) is 0 Å². The second kappa shape index (κ2) is 7.10. The Bertz CT molecular complexity index is 461. The van der Waals surface area contributed by atoms with Crippen molar-refractivity contribution in [1.29, 1.82) is 5.26 Å². The van der Waals surface area contributed by atoms with Gasteiger partial charge in [0, 0.05) is 12.2 Å². The summed E-state index contributed by atoms with van der Waals surface area (Å²) in [6, 6.07) is 4.02. The molecule has 0 aliphatic carbocycles. The van der Waals surface area contributed by atoms with E-state index in [2.05, 4.69) is 30.2 Å². The lowest BCUT2D eigenvalue weighted by Crippen LogP contribution is -2.28. The van der Waals surface area contributed by atoms with Gasteiger partial charge in [0.1, 0.15) is 6.07 Å². The first-order valence-corrected chi connectivity index (χ1v) is 6.83. The molecule has 0 aliphatic heterocycles. The molecule has 0 fully saturated rings. The zero-order chi connectivity index (χ0) is 14.4. The minimum atomic E-state index is -0.393. The first-order chi connectivity index (χ1) is 9.03. The minimum absolute atomic E-state index is 0.294. The molecule has 0 aromatic carbocycles. The molecule has 19 heavy (non-hydrogen) atoms. The number of aryl methyl sites for hydroxylation is 2. The molecule has 0 saturated carbocycles. The zero-order valence-corrected chi connectivity index (χ0v) is 12.2. The van der Waals surface area contributed by atoms with E-state index in [1.165, 1.54) is 0 Å². The molecule has 1 rings (SSSR count). The van der Waals surface area contributed by atoms with E-state index in [0.717, 1.165) is 29.9 Å². The van der Waals surface area contributed by atoms with Crippen molar-refractivity contribution in [3.63, 3.8) is 0 Å². The normalized spacial score (nSPS) is 12.3. The predicted octanol–water partition coefficient (Wildman–Crippen LogP) is 2.78. The summed E-state index contributed by atoms with van der Waals surface area (Å²) < 4.78 is 0. The SMILES string of the molecule is CCC(CC)C(O)CNc1cc(C)nc(C)c1C#N. The van der Waals surface area contributed by atoms with Crippen LogP contribution in [0, 0.1) is 31.1 Å². The molecule has 1 aromatic rings. The van der Waals surface area contributed by atoms with E-state index in [1.54, 1.807) is 0 Å². The van der Waals surface area contributed by atoms with Gasteiger partial charge in [-0.3, -0.25) is 4.98 Å². The van der Waals surface area contributed by atoms with Crippen LogP contribution < -0.4 is 5.32 Å². The molecule has 0 bridgehead atoms. The molecule has 1 unspecified atom stereocenters. The molecule has 0 radical (unpaired) electrons. The van der Waals surface area contributed by atoms with E-state index in [1.807, 2.05) is 19.9 Å². The number of nitrogens with zero attached hydrogens (tertiary/aromatic N) is 2. The van der Waals surface area contributed by atoms with Crippen LogP contribution in [0.2, 0.25) is 0 Å². The van der Waals surface area contributed by atoms with Crippen molar-refractivity contribution in [3.8, 4) is 6.07 Å². The van der Waals surface area contributed by atoms with Crippen LogP contribution in [0.3, 0.4) is 0 Å². The fraction of sp³-hybridized carbons (Fsp3) is 0.600. The largest absolute Gasteiger partial charge is 0.391 e. The van der Waals surface area contributed by atoms with E-state index in [-0.39, 0.29) is 0 Å². The summed E-state index contributed by atoms with van der Waals surface area (Å²) >= 11 is 0. The Labute approximate surface area is 115 Å². The van der Waals surface area contributed by atoms with Gasteiger partial charge in [-0.1, -0.05) is 26.7 Å². The first kappa shape index (κ1) is 15.5. The number of pyridine rings is 1. The lowest BCUT2D eigenvalue weighted by Gasteiger charge is -2.21. The van der Waals surface area contributed by atoms with Crippen molar-refractivity contribution in [2.45, 2.75) is 46.6 Å². The van der Waals surface area contributed by atoms with Crippen molar-refractivity contribution in [2.24, 2.45) is 5.92 Å². The summed E-state index contributed by atoms with van der Waals surface area (Å²) in [5.41, 5.74) is 2.91. The third-order valence-electron chi connectivity index (χ3n) is 3.53. The highest BCUT2D eigenvalue weighted by Crippen LogP contribution is 2.20. The van der Waals surface area contributed by atoms with Crippen LogP contribution in [-0.2, 0) is 0 Å². The summed E-state index contributed by atoms with van der Waals surface area (Å²) in [7, 11) is 0. The quantitative estimate of drug-likeness (QED) is 0.826. The van der Waals surface area contributed by atoms with Crippen LogP contribution >= 0.6 is 0 Å². The molecule has 4 heteroatoms. The molecule has 0 aliphatic rings. The van der Waals surface area contributed by atoms with Gasteiger partial charge >= 0.3 is 0 Å². The standard InChI is InChI=1S/C15H23N3O/c1-5-12(6-2)15(19)9-17-14-7-10(3)18-11(4)13(14)8-16/h7,12,15,19H,5-6,9H2,1-4H3,(H,17,18). The van der Waals surface area contributed by atoms with Gasteiger partial charge in [0.15, 0.2) is 0 Å². The van der Waals surface area contributed by atoms with E-state index >= 15 is 0 Å². The summed E-state index contributed by atoms with van der Waals surface area (Å²) in [5.74, 6) is 0.294. The van der Waals surface area contributed by atoms with Crippen molar-refractivity contribution in [3.05, 3.63) is 23.0 Å². The predicted molar refractivity (Wildman–Crippen MR) is 77.0 cm³/mol. The van der Waals surface area contributed by atoms with Gasteiger partial charge in [-0.2, -0.15) is 5.26 Å². The summed E-state index contributed by atoms with van der Waals surface area (Å²) in [4.78, 5) is 4.27. The number of nitriles is 1. The summed E-state index contributed by atoms with van der Waals surface area (Å²) in [6.45, 7) is 8.35. The van der Waals surface area contributed by atoms with Gasteiger partial charge in [0.2, 0.25) is 0 Å². The number of aliphatic hydroxyl groups is 1. The molecule has 104 valence electrons. The van der Waals surface area contributed by atoms with Crippen LogP contribution in [0.4, 0.5) is 5.69 Å². The number of hydrogen-bond acceptors (Lipinski definition) is 4. The fourth-order valence-electron chi connectivity index (χ4n) is 2.32. The lowest BCUT2D eigenvalue weighted by atomic mass is 9.96. The Morgan fingerprint density at radius 2 is 2.00 bits per heavy atom. The summed E-state index contributed by atoms with van der Waals surface area (Å²) in [5, 5.41) is 22.5. The van der Waals surface area contributed by atoms with Crippen LogP contribution in [0.1, 0.15) is 43.6 Å². The number of nitrogens with one attached hydrogen (secondary N) is 1. The average Bonchev–Trinajstić information content (AvgIpc) is 2.37. The first-order valence-electron chi connectivity index (χ1n) is 6.83. The highest BCUT2D eigenvalue weighted by Gasteiger charge is 2.16. The highest BCUT2D eigenvalue weighted by atomic mass is 16.3. The van der Waals surface area contributed by atoms with Gasteiger partial charge in [-0.15, -0.1) is 0 Å². The monoisotopic (exact) mass is 261 g/mol. The molecule has 0 saturated heterocycles. The Morgan fingerprint density at radius 3 is 2.53 bits per heavy atom. The second-order valence-corrected chi connectivity index (χ2v) is 4.91. The fourth-order valence-corrected chi connectivity index (χ4v) is 2.32. The highest BCUT2D eigenvalue weighted by molar-refractivity contribution is 5.59. The number of rotatable bonds is 6. The van der Waals surface area contributed by atoms with Crippen LogP contribution in [-0.4, -0.2) is 22.7 Å². The molecule has 2 N–H and O–H groups in total. The van der Waals surface area contributed by atoms with Gasteiger partial charge in [-0.05, 0) is 25.8 Å². The van der Waals surface area contributed by atoms with Gasteiger partial charge in [-0.25, -0.2) is 0 Å². The molecule has 1 atom stereocenters. The minimum Gasteiger partial charge on any atom is -0.391 e. The topological polar surface area (TPSA) is 68.9 Å². The summed E-state index contributed by atoms with van der Waals surface area (Å²) in [6.07, 6.45) is 1.52. The molecule has 0 spiro atoms. The molecule has 1 heterocycles. The van der Waals surface area contributed by atoms with E-state index in [9.17, 15) is 5.11 Å². The van der Waals surface area contributed by atoms with Gasteiger partial charge in [0.25, 0.3) is 0 Å². The van der Waals surface area contributed by atoms with Crippen molar-refractivity contribution in [1.82, 2.24) is 4.98 Å². The molecule has 4 nitrogen and oxygen atoms in total. The van der Waals surface area contributed by atoms with E-state index in [4.69, 9.17) is 5.26 Å². The molecular weight excluding hydrogens is 238 g/mol. The maximum atomic E-state index is 10.1. The molecular formula is C15H23N3O. The average molecular weight is 261 g/mol. The number of aromatic nitrogens is 1. The number of anilines is 1. The van der Waals surface area contributed by atoms with Crippen LogP contribution in [0.25, 0.3) is 0 Å². The third-order valence-corrected chi connectivity index (χ3v) is 3.53. The maximum Gasteiger partial charge on any atom is 0.103 e. The van der Waals surface area contributed by atoms with Gasteiger partial charge < -0.3 is 10.4 Å². The number of hydrogen-bond donors (Lipinski definition) is 2. The molecule has 1 aromatic heterocycles. The van der Waals surface area contributed by atoms with E-state index < -0.39 is 6.10 Å². The Morgan fingerprint density at radius 1 is 1.37 bits per heavy atom. The lowest BCUT2D eigenvalue weighted by molar-refractivity contribution is 0.114. The Hall–Kier alpha value is -1.60. The zero-order valence-electron chi connectivity index (χ0n) is 12.2. The van der Waals surface area contributed by atoms with Crippen LogP contribution in [0.15, 0.2) is 6.07 Å². The maximum absolute atomic E-state index is 10.1. The van der Waals surface area contributed by atoms with Crippen molar-refractivity contribution >= 4 is 5.69 Å². The molecule has 0 amide bonds. The van der Waals surface area contributed by atoms with Crippen molar-refractivity contribution < 1.29 is 5.11 Å².